The average molecular weight is 707 g/mol. The van der Waals surface area contributed by atoms with E-state index in [1.54, 1.807) is 6.07 Å². The minimum absolute atomic E-state index is 0.00618. The molecule has 0 radical (unpaired) electrons. The zero-order chi connectivity index (χ0) is 35.6. The van der Waals surface area contributed by atoms with Crippen LogP contribution >= 0.6 is 0 Å². The van der Waals surface area contributed by atoms with Gasteiger partial charge in [0.05, 0.1) is 18.7 Å². The highest BCUT2D eigenvalue weighted by atomic mass is 19.3. The van der Waals surface area contributed by atoms with Gasteiger partial charge in [-0.2, -0.15) is 5.26 Å². The molecule has 51 heavy (non-hydrogen) atoms. The Bertz CT molecular complexity index is 1560. The lowest BCUT2D eigenvalue weighted by molar-refractivity contribution is -0.0566. The predicted octanol–water partition coefficient (Wildman–Crippen LogP) is 6.25. The van der Waals surface area contributed by atoms with Crippen molar-refractivity contribution in [3.63, 3.8) is 0 Å². The maximum absolute atomic E-state index is 15.0. The molecule has 5 fully saturated rings. The van der Waals surface area contributed by atoms with Crippen molar-refractivity contribution in [2.24, 2.45) is 17.8 Å². The normalized spacial score (nSPS) is 26.1. The Morgan fingerprint density at radius 2 is 1.73 bits per heavy atom. The highest BCUT2D eigenvalue weighted by Gasteiger charge is 2.53. The summed E-state index contributed by atoms with van der Waals surface area (Å²) in [5.41, 5.74) is 3.43. The second-order valence-electron chi connectivity index (χ2n) is 15.9. The van der Waals surface area contributed by atoms with Crippen molar-refractivity contribution in [1.29, 1.82) is 5.26 Å². The number of halogens is 3. The van der Waals surface area contributed by atoms with Gasteiger partial charge in [0.25, 0.3) is 5.92 Å². The summed E-state index contributed by atoms with van der Waals surface area (Å²) in [6.45, 7) is 9.15. The Morgan fingerprint density at radius 3 is 2.39 bits per heavy atom. The minimum atomic E-state index is -2.58. The molecule has 8 nitrogen and oxygen atoms in total. The fraction of sp³-hybridized carbons (Fsp3) is 0.650. The van der Waals surface area contributed by atoms with Crippen LogP contribution in [-0.2, 0) is 16.7 Å². The lowest BCUT2D eigenvalue weighted by atomic mass is 9.57. The molecule has 2 aromatic carbocycles. The van der Waals surface area contributed by atoms with Crippen molar-refractivity contribution >= 4 is 11.8 Å². The average Bonchev–Trinajstić information content (AvgIpc) is 3.55. The first-order chi connectivity index (χ1) is 24.7. The number of likely N-dealkylation sites (tertiary alicyclic amines) is 3. The van der Waals surface area contributed by atoms with Crippen LogP contribution in [0.5, 0.6) is 0 Å². The zero-order valence-corrected chi connectivity index (χ0v) is 30.0. The molecule has 1 amide bonds. The maximum Gasteiger partial charge on any atom is 0.407 e. The molecule has 2 aromatic rings. The summed E-state index contributed by atoms with van der Waals surface area (Å²) in [5, 5.41) is 12.9. The van der Waals surface area contributed by atoms with Gasteiger partial charge in [0.2, 0.25) is 0 Å². The highest BCUT2D eigenvalue weighted by Crippen LogP contribution is 2.51. The SMILES string of the molecule is COC(=O)N[C@H]1CCC[C@@H]1[C@](CN1CCC1)(c1cccc(F)c1)C1CCN(CC2CN(c3ccc(C#N)c(CN4CCC(F)(F)CC4)c3)C2)CC1. The van der Waals surface area contributed by atoms with Crippen molar-refractivity contribution in [3.05, 3.63) is 65.0 Å². The summed E-state index contributed by atoms with van der Waals surface area (Å²) in [4.78, 5) is 22.0. The number of alkyl carbamates (subject to hydrolysis) is 1. The largest absolute Gasteiger partial charge is 0.453 e. The van der Waals surface area contributed by atoms with E-state index in [-0.39, 0.29) is 42.1 Å². The van der Waals surface area contributed by atoms with Crippen molar-refractivity contribution in [2.75, 3.05) is 77.5 Å². The van der Waals surface area contributed by atoms with Gasteiger partial charge in [0, 0.05) is 81.7 Å². The third-order valence-electron chi connectivity index (χ3n) is 12.8. The molecule has 3 atom stereocenters. The smallest absolute Gasteiger partial charge is 0.407 e. The standard InChI is InChI=1S/C40H53F3N6O2/c1-51-38(50)45-37-8-3-7-36(37)40(28-48-15-4-16-48,33-5-2-6-34(41)22-33)32-11-17-46(18-12-32)24-29-25-49(26-29)35-10-9-30(23-44)31(21-35)27-47-19-13-39(42,43)14-20-47/h2,5-6,9-10,21-22,29,32,36-37H,3-4,7-8,11-20,24-28H2,1H3,(H,45,50)/t36-,37-,40-/m0/s1. The first kappa shape index (κ1) is 36.0. The Labute approximate surface area is 300 Å². The topological polar surface area (TPSA) is 75.1 Å². The number of carbonyl (C=O) groups is 1. The molecule has 276 valence electrons. The molecule has 0 bridgehead atoms. The third-order valence-corrected chi connectivity index (χ3v) is 12.8. The maximum atomic E-state index is 15.0. The molecule has 0 spiro atoms. The summed E-state index contributed by atoms with van der Waals surface area (Å²) in [5.74, 6) is -1.68. The number of benzene rings is 2. The van der Waals surface area contributed by atoms with Gasteiger partial charge >= 0.3 is 6.09 Å². The van der Waals surface area contributed by atoms with Crippen LogP contribution < -0.4 is 10.2 Å². The number of nitrogens with one attached hydrogen (secondary N) is 1. The number of hydrogen-bond donors (Lipinski definition) is 1. The number of hydrogen-bond acceptors (Lipinski definition) is 7. The van der Waals surface area contributed by atoms with Gasteiger partial charge in [-0.3, -0.25) is 4.90 Å². The third kappa shape index (κ3) is 7.89. The molecule has 0 aromatic heterocycles. The Balaban J connectivity index is 1.00. The van der Waals surface area contributed by atoms with Crippen LogP contribution in [0.3, 0.4) is 0 Å². The zero-order valence-electron chi connectivity index (χ0n) is 30.0. The molecule has 4 aliphatic heterocycles. The van der Waals surface area contributed by atoms with E-state index in [4.69, 9.17) is 4.74 Å². The van der Waals surface area contributed by atoms with Crippen LogP contribution in [-0.4, -0.2) is 105 Å². The van der Waals surface area contributed by atoms with E-state index in [0.717, 1.165) is 101 Å². The second kappa shape index (κ2) is 15.3. The number of rotatable bonds is 11. The highest BCUT2D eigenvalue weighted by molar-refractivity contribution is 5.67. The van der Waals surface area contributed by atoms with E-state index in [2.05, 4.69) is 38.2 Å². The van der Waals surface area contributed by atoms with Crippen molar-refractivity contribution < 1.29 is 22.7 Å². The number of anilines is 1. The number of nitrogens with zero attached hydrogens (tertiary/aromatic N) is 5. The number of nitriles is 1. The van der Waals surface area contributed by atoms with Gasteiger partial charge in [-0.05, 0) is 112 Å². The summed E-state index contributed by atoms with van der Waals surface area (Å²) < 4.78 is 47.5. The van der Waals surface area contributed by atoms with E-state index in [9.17, 15) is 23.2 Å². The van der Waals surface area contributed by atoms with Gasteiger partial charge < -0.3 is 24.8 Å². The summed E-state index contributed by atoms with van der Waals surface area (Å²) in [6.07, 6.45) is 5.55. The molecule has 4 saturated heterocycles. The van der Waals surface area contributed by atoms with E-state index in [1.165, 1.54) is 19.6 Å². The Morgan fingerprint density at radius 1 is 0.961 bits per heavy atom. The van der Waals surface area contributed by atoms with Crippen LogP contribution in [0, 0.1) is 34.9 Å². The molecule has 11 heteroatoms. The van der Waals surface area contributed by atoms with Crippen molar-refractivity contribution in [2.45, 2.75) is 75.3 Å². The van der Waals surface area contributed by atoms with Gasteiger partial charge in [-0.15, -0.1) is 0 Å². The molecule has 5 aliphatic rings. The second-order valence-corrected chi connectivity index (χ2v) is 15.9. The minimum Gasteiger partial charge on any atom is -0.453 e. The fourth-order valence-corrected chi connectivity index (χ4v) is 9.93. The molecular weight excluding hydrogens is 653 g/mol. The number of carbonyl (C=O) groups excluding carboxylic acids is 1. The number of methoxy groups -OCH3 is 1. The van der Waals surface area contributed by atoms with Crippen LogP contribution in [0.2, 0.25) is 0 Å². The Hall–Kier alpha value is -3.33. The van der Waals surface area contributed by atoms with Crippen LogP contribution in [0.1, 0.15) is 68.1 Å². The van der Waals surface area contributed by atoms with Gasteiger partial charge in [-0.25, -0.2) is 18.0 Å². The Kier molecular flexibility index (Phi) is 10.8. The molecule has 4 heterocycles. The van der Waals surface area contributed by atoms with Crippen LogP contribution in [0.4, 0.5) is 23.7 Å². The lowest BCUT2D eigenvalue weighted by Crippen LogP contribution is -2.60. The monoisotopic (exact) mass is 706 g/mol. The lowest BCUT2D eigenvalue weighted by Gasteiger charge is -2.54. The predicted molar refractivity (Wildman–Crippen MR) is 191 cm³/mol. The number of alkyl halides is 2. The molecule has 1 aliphatic carbocycles. The quantitative estimate of drug-likeness (QED) is 0.297. The van der Waals surface area contributed by atoms with Crippen molar-refractivity contribution in [3.8, 4) is 6.07 Å². The first-order valence-corrected chi connectivity index (χ1v) is 19.1. The molecule has 0 unspecified atom stereocenters. The molecular formula is C40H53F3N6O2. The molecule has 7 rings (SSSR count). The van der Waals surface area contributed by atoms with Gasteiger partial charge in [0.15, 0.2) is 0 Å². The summed E-state index contributed by atoms with van der Waals surface area (Å²) in [7, 11) is 1.42. The van der Waals surface area contributed by atoms with Gasteiger partial charge in [-0.1, -0.05) is 18.6 Å². The summed E-state index contributed by atoms with van der Waals surface area (Å²) >= 11 is 0. The van der Waals surface area contributed by atoms with Gasteiger partial charge in [0.1, 0.15) is 5.82 Å². The number of amides is 1. The van der Waals surface area contributed by atoms with Crippen molar-refractivity contribution in [1.82, 2.24) is 20.0 Å². The number of ether oxygens (including phenoxy) is 1. The summed E-state index contributed by atoms with van der Waals surface area (Å²) in [6, 6.07) is 15.6. The molecule has 1 N–H and O–H groups in total. The van der Waals surface area contributed by atoms with Crippen LogP contribution in [0.15, 0.2) is 42.5 Å². The van der Waals surface area contributed by atoms with Crippen LogP contribution in [0.25, 0.3) is 0 Å². The first-order valence-electron chi connectivity index (χ1n) is 19.1. The van der Waals surface area contributed by atoms with E-state index in [0.29, 0.717) is 37.0 Å². The molecule has 1 saturated carbocycles. The fourth-order valence-electron chi connectivity index (χ4n) is 9.93. The van der Waals surface area contributed by atoms with E-state index < -0.39 is 5.92 Å². The number of piperidine rings is 2. The van der Waals surface area contributed by atoms with E-state index >= 15 is 0 Å². The van der Waals surface area contributed by atoms with E-state index in [1.807, 2.05) is 23.1 Å².